The van der Waals surface area contributed by atoms with Crippen molar-refractivity contribution in [3.63, 3.8) is 0 Å². The van der Waals surface area contributed by atoms with Gasteiger partial charge in [0.1, 0.15) is 0 Å². The average Bonchev–Trinajstić information content (AvgIpc) is 2.12. The highest BCUT2D eigenvalue weighted by atomic mass is 31.2. The molecule has 0 unspecified atom stereocenters. The summed E-state index contributed by atoms with van der Waals surface area (Å²) >= 11 is 0. The van der Waals surface area contributed by atoms with E-state index in [4.69, 9.17) is 9.79 Å². The van der Waals surface area contributed by atoms with Gasteiger partial charge in [-0.25, -0.2) is 4.57 Å². The third-order valence-electron chi connectivity index (χ3n) is 0.591. The summed E-state index contributed by atoms with van der Waals surface area (Å²) in [6, 6.07) is 0. The fourth-order valence-electron chi connectivity index (χ4n) is 0.350. The molecule has 0 aliphatic heterocycles. The Balaban J connectivity index is 2.66. The Hall–Kier alpha value is -0.910. The first-order valence-corrected chi connectivity index (χ1v) is 3.73. The van der Waals surface area contributed by atoms with Gasteiger partial charge in [0.25, 0.3) is 0 Å². The van der Waals surface area contributed by atoms with Crippen LogP contribution in [0.2, 0.25) is 0 Å². The molecule has 0 aromatic carbocycles. The highest BCUT2D eigenvalue weighted by molar-refractivity contribution is 7.46. The van der Waals surface area contributed by atoms with Crippen LogP contribution in [0.25, 0.3) is 0 Å². The van der Waals surface area contributed by atoms with Gasteiger partial charge in [-0.2, -0.15) is 0 Å². The van der Waals surface area contributed by atoms with Gasteiger partial charge in [-0.3, -0.25) is 14.4 Å². The molecule has 8 heteroatoms. The lowest BCUT2D eigenvalue weighted by molar-refractivity contribution is 0.151. The Bertz CT molecular complexity index is 239. The van der Waals surface area contributed by atoms with Crippen LogP contribution < -0.4 is 4.62 Å². The molecule has 1 heterocycles. The van der Waals surface area contributed by atoms with Gasteiger partial charge in [-0.1, -0.05) is 4.85 Å². The first-order valence-electron chi connectivity index (χ1n) is 2.20. The highest BCUT2D eigenvalue weighted by Crippen LogP contribution is 2.30. The summed E-state index contributed by atoms with van der Waals surface area (Å²) in [6.07, 6.45) is 2.40. The monoisotopic (exact) mass is 165 g/mol. The van der Waals surface area contributed by atoms with E-state index in [9.17, 15) is 4.57 Å². The minimum Gasteiger partial charge on any atom is -0.292 e. The molecular weight excluding hydrogens is 161 g/mol. The Morgan fingerprint density at radius 2 is 2.30 bits per heavy atom. The molecule has 0 saturated heterocycles. The molecule has 0 bridgehead atoms. The lowest BCUT2D eigenvalue weighted by Gasteiger charge is -2.01. The maximum atomic E-state index is 10.1. The molecule has 0 saturated carbocycles. The number of rotatable bonds is 2. The van der Waals surface area contributed by atoms with Crippen molar-refractivity contribution < 1.29 is 19.0 Å². The predicted molar refractivity (Wildman–Crippen MR) is 28.6 cm³/mol. The second-order valence-corrected chi connectivity index (χ2v) is 2.52. The van der Waals surface area contributed by atoms with Crippen LogP contribution in [0.15, 0.2) is 12.4 Å². The van der Waals surface area contributed by atoms with Crippen molar-refractivity contribution in [3.8, 4) is 0 Å². The van der Waals surface area contributed by atoms with Gasteiger partial charge in [0.15, 0.2) is 0 Å². The molecule has 0 atom stereocenters. The molecule has 0 amide bonds. The van der Waals surface area contributed by atoms with E-state index < -0.39 is 7.82 Å². The van der Waals surface area contributed by atoms with Crippen LogP contribution in [0.4, 0.5) is 0 Å². The number of hydrogen-bond acceptors (Lipinski definition) is 4. The second kappa shape index (κ2) is 2.37. The van der Waals surface area contributed by atoms with Gasteiger partial charge in [0, 0.05) is 0 Å². The van der Waals surface area contributed by atoms with Crippen molar-refractivity contribution in [2.75, 3.05) is 0 Å². The summed E-state index contributed by atoms with van der Waals surface area (Å²) in [6.45, 7) is 0. The van der Waals surface area contributed by atoms with Crippen molar-refractivity contribution in [3.05, 3.63) is 12.4 Å². The van der Waals surface area contributed by atoms with Crippen LogP contribution in [-0.2, 0) is 4.57 Å². The number of nitrogens with zero attached hydrogens (tertiary/aromatic N) is 3. The molecule has 0 radical (unpaired) electrons. The van der Waals surface area contributed by atoms with E-state index in [0.29, 0.717) is 4.85 Å². The predicted octanol–water partition coefficient (Wildman–Crippen LogP) is -1.20. The zero-order valence-electron chi connectivity index (χ0n) is 4.65. The molecule has 7 nitrogen and oxygen atoms in total. The SMILES string of the molecule is O=P(O)(O)On1ccnn1. The van der Waals surface area contributed by atoms with E-state index in [1.165, 1.54) is 12.4 Å². The Labute approximate surface area is 55.4 Å². The molecular formula is C2H4N3O4P. The van der Waals surface area contributed by atoms with Crippen LogP contribution in [0.1, 0.15) is 0 Å². The van der Waals surface area contributed by atoms with Crippen LogP contribution in [0, 0.1) is 0 Å². The molecule has 56 valence electrons. The van der Waals surface area contributed by atoms with E-state index in [2.05, 4.69) is 14.9 Å². The van der Waals surface area contributed by atoms with Gasteiger partial charge in [-0.15, -0.1) is 5.10 Å². The molecule has 0 fully saturated rings. The van der Waals surface area contributed by atoms with E-state index in [0.717, 1.165) is 0 Å². The highest BCUT2D eigenvalue weighted by Gasteiger charge is 2.16. The van der Waals surface area contributed by atoms with Crippen LogP contribution in [0.3, 0.4) is 0 Å². The van der Waals surface area contributed by atoms with Crippen LogP contribution in [0.5, 0.6) is 0 Å². The van der Waals surface area contributed by atoms with Gasteiger partial charge < -0.3 is 0 Å². The molecule has 2 N–H and O–H groups in total. The van der Waals surface area contributed by atoms with E-state index >= 15 is 0 Å². The molecule has 0 aliphatic rings. The lowest BCUT2D eigenvalue weighted by Crippen LogP contribution is -2.08. The summed E-state index contributed by atoms with van der Waals surface area (Å²) in [7, 11) is -4.49. The summed E-state index contributed by atoms with van der Waals surface area (Å²) in [4.78, 5) is 17.0. The van der Waals surface area contributed by atoms with E-state index in [1.807, 2.05) is 0 Å². The van der Waals surface area contributed by atoms with Crippen molar-refractivity contribution in [2.24, 2.45) is 0 Å². The average molecular weight is 165 g/mol. The van der Waals surface area contributed by atoms with Crippen LogP contribution in [-0.4, -0.2) is 24.9 Å². The molecule has 1 aromatic rings. The third-order valence-corrected chi connectivity index (χ3v) is 0.971. The summed E-state index contributed by atoms with van der Waals surface area (Å²) in [5, 5.41) is 6.40. The Morgan fingerprint density at radius 1 is 1.60 bits per heavy atom. The zero-order valence-corrected chi connectivity index (χ0v) is 5.55. The van der Waals surface area contributed by atoms with Crippen molar-refractivity contribution >= 4 is 7.82 Å². The van der Waals surface area contributed by atoms with Gasteiger partial charge in [0.2, 0.25) is 0 Å². The zero-order chi connectivity index (χ0) is 7.61. The largest absolute Gasteiger partial charge is 0.545 e. The van der Waals surface area contributed by atoms with Crippen molar-refractivity contribution in [2.45, 2.75) is 0 Å². The van der Waals surface area contributed by atoms with Gasteiger partial charge >= 0.3 is 7.82 Å². The van der Waals surface area contributed by atoms with Crippen molar-refractivity contribution in [1.29, 1.82) is 0 Å². The number of hydrogen-bond donors (Lipinski definition) is 2. The maximum Gasteiger partial charge on any atom is 0.545 e. The Kier molecular flexibility index (Phi) is 1.71. The smallest absolute Gasteiger partial charge is 0.292 e. The summed E-state index contributed by atoms with van der Waals surface area (Å²) in [5.41, 5.74) is 0. The summed E-state index contributed by atoms with van der Waals surface area (Å²) < 4.78 is 14.0. The molecule has 0 spiro atoms. The number of phosphoric acid groups is 1. The minimum absolute atomic E-state index is 0.584. The van der Waals surface area contributed by atoms with Gasteiger partial charge in [-0.05, 0) is 5.21 Å². The normalized spacial score (nSPS) is 11.4. The fourth-order valence-corrected chi connectivity index (χ4v) is 0.655. The first-order chi connectivity index (χ1) is 4.58. The standard InChI is InChI=1S/C2H4N3O4P/c6-10(7,8)9-5-2-1-3-4-5/h1-2H,(H2,6,7,8). The summed E-state index contributed by atoms with van der Waals surface area (Å²) in [5.74, 6) is 0. The topological polar surface area (TPSA) is 97.5 Å². The van der Waals surface area contributed by atoms with E-state index in [1.54, 1.807) is 0 Å². The lowest BCUT2D eigenvalue weighted by atomic mass is 11.0. The molecule has 0 aliphatic carbocycles. The molecule has 1 rings (SSSR count). The second-order valence-electron chi connectivity index (χ2n) is 1.38. The molecule has 10 heavy (non-hydrogen) atoms. The van der Waals surface area contributed by atoms with Crippen molar-refractivity contribution in [1.82, 2.24) is 15.2 Å². The number of aromatic nitrogens is 3. The first kappa shape index (κ1) is 7.20. The van der Waals surface area contributed by atoms with Gasteiger partial charge in [0.05, 0.1) is 12.4 Å². The quantitative estimate of drug-likeness (QED) is 0.534. The third kappa shape index (κ3) is 2.14. The molecule has 1 aromatic heterocycles. The minimum atomic E-state index is -4.49. The van der Waals surface area contributed by atoms with E-state index in [-0.39, 0.29) is 0 Å². The van der Waals surface area contributed by atoms with Crippen LogP contribution >= 0.6 is 7.82 Å². The Morgan fingerprint density at radius 3 is 2.70 bits per heavy atom. The maximum absolute atomic E-state index is 10.1. The fraction of sp³-hybridized carbons (Fsp3) is 0.